The van der Waals surface area contributed by atoms with Gasteiger partial charge in [-0.15, -0.1) is 11.3 Å². The molecule has 0 aliphatic rings. The Morgan fingerprint density at radius 2 is 2.33 bits per heavy atom. The normalized spacial score (nSPS) is 10.9. The summed E-state index contributed by atoms with van der Waals surface area (Å²) in [6.45, 7) is 0. The molecule has 90 valence electrons. The topological polar surface area (TPSA) is 67.5 Å². The average molecular weight is 259 g/mol. The second kappa shape index (κ2) is 4.23. The van der Waals surface area contributed by atoms with Crippen molar-refractivity contribution >= 4 is 23.1 Å². The van der Waals surface area contributed by atoms with Crippen molar-refractivity contribution in [3.8, 4) is 10.6 Å². The minimum Gasteiger partial charge on any atom is -0.481 e. The molecule has 0 radical (unpaired) electrons. The van der Waals surface area contributed by atoms with Crippen molar-refractivity contribution < 1.29 is 9.90 Å². The highest BCUT2D eigenvalue weighted by molar-refractivity contribution is 7.13. The molecule has 3 aromatic rings. The summed E-state index contributed by atoms with van der Waals surface area (Å²) in [5, 5.41) is 11.0. The van der Waals surface area contributed by atoms with Crippen LogP contribution in [0.4, 0.5) is 0 Å². The maximum absolute atomic E-state index is 11.0. The van der Waals surface area contributed by atoms with E-state index in [2.05, 4.69) is 9.97 Å². The first-order valence-electron chi connectivity index (χ1n) is 5.33. The Labute approximate surface area is 106 Å². The predicted molar refractivity (Wildman–Crippen MR) is 67.6 cm³/mol. The van der Waals surface area contributed by atoms with E-state index in [-0.39, 0.29) is 6.42 Å². The van der Waals surface area contributed by atoms with Gasteiger partial charge < -0.3 is 5.11 Å². The van der Waals surface area contributed by atoms with Crippen molar-refractivity contribution in [3.63, 3.8) is 0 Å². The Morgan fingerprint density at radius 1 is 1.44 bits per heavy atom. The molecule has 0 spiro atoms. The summed E-state index contributed by atoms with van der Waals surface area (Å²) in [6, 6.07) is 5.61. The zero-order valence-corrected chi connectivity index (χ0v) is 10.1. The van der Waals surface area contributed by atoms with Crippen LogP contribution in [0.15, 0.2) is 36.0 Å². The molecule has 1 N–H and O–H groups in total. The number of hydrogen-bond acceptors (Lipinski definition) is 4. The fraction of sp³-hybridized carbons (Fsp3) is 0.0833. The van der Waals surface area contributed by atoms with E-state index in [1.54, 1.807) is 22.9 Å². The third-order valence-electron chi connectivity index (χ3n) is 2.58. The SMILES string of the molecule is O=C(O)Cc1c(-c2cccs2)nc2ncccn12. The van der Waals surface area contributed by atoms with Gasteiger partial charge in [-0.05, 0) is 17.5 Å². The van der Waals surface area contributed by atoms with E-state index in [0.29, 0.717) is 17.2 Å². The third kappa shape index (κ3) is 1.76. The summed E-state index contributed by atoms with van der Waals surface area (Å²) in [6.07, 6.45) is 3.36. The molecule has 0 atom stereocenters. The van der Waals surface area contributed by atoms with Gasteiger partial charge in [-0.25, -0.2) is 9.97 Å². The van der Waals surface area contributed by atoms with Crippen LogP contribution < -0.4 is 0 Å². The molecule has 0 unspecified atom stereocenters. The first kappa shape index (κ1) is 10.9. The third-order valence-corrected chi connectivity index (χ3v) is 3.45. The number of rotatable bonds is 3. The lowest BCUT2D eigenvalue weighted by molar-refractivity contribution is -0.136. The minimum atomic E-state index is -0.876. The Balaban J connectivity index is 2.26. The lowest BCUT2D eigenvalue weighted by atomic mass is 10.2. The van der Waals surface area contributed by atoms with Gasteiger partial charge in [0.25, 0.3) is 0 Å². The first-order valence-corrected chi connectivity index (χ1v) is 6.21. The van der Waals surface area contributed by atoms with Crippen LogP contribution in [0.5, 0.6) is 0 Å². The van der Waals surface area contributed by atoms with Gasteiger partial charge in [0.1, 0.15) is 5.69 Å². The zero-order chi connectivity index (χ0) is 12.5. The van der Waals surface area contributed by atoms with E-state index < -0.39 is 5.97 Å². The molecule has 3 aromatic heterocycles. The summed E-state index contributed by atoms with van der Waals surface area (Å²) in [5.74, 6) is -0.351. The van der Waals surface area contributed by atoms with Gasteiger partial charge in [0, 0.05) is 12.4 Å². The molecule has 0 saturated carbocycles. The minimum absolute atomic E-state index is 0.0694. The monoisotopic (exact) mass is 259 g/mol. The number of hydrogen-bond donors (Lipinski definition) is 1. The highest BCUT2D eigenvalue weighted by Gasteiger charge is 2.17. The Morgan fingerprint density at radius 3 is 3.06 bits per heavy atom. The smallest absolute Gasteiger partial charge is 0.309 e. The second-order valence-electron chi connectivity index (χ2n) is 3.74. The van der Waals surface area contributed by atoms with Crippen LogP contribution >= 0.6 is 11.3 Å². The number of aliphatic carboxylic acids is 1. The quantitative estimate of drug-likeness (QED) is 0.782. The molecule has 0 aliphatic heterocycles. The molecule has 6 heteroatoms. The van der Waals surface area contributed by atoms with E-state index in [4.69, 9.17) is 5.11 Å². The standard InChI is InChI=1S/C12H9N3O2S/c16-10(17)7-8-11(9-3-1-6-18-9)14-12-13-4-2-5-15(8)12/h1-6H,7H2,(H,16,17). The molecule has 0 amide bonds. The Hall–Kier alpha value is -2.21. The molecule has 0 bridgehead atoms. The van der Waals surface area contributed by atoms with Crippen LogP contribution in [0.2, 0.25) is 0 Å². The number of thiophene rings is 1. The summed E-state index contributed by atoms with van der Waals surface area (Å²) in [7, 11) is 0. The number of carboxylic acids is 1. The molecule has 0 aromatic carbocycles. The Kier molecular flexibility index (Phi) is 2.56. The predicted octanol–water partition coefficient (Wildman–Crippen LogP) is 2.08. The van der Waals surface area contributed by atoms with Crippen molar-refractivity contribution in [1.29, 1.82) is 0 Å². The first-order chi connectivity index (χ1) is 8.75. The average Bonchev–Trinajstić information content (AvgIpc) is 2.96. The number of fused-ring (bicyclic) bond motifs is 1. The molecule has 5 nitrogen and oxygen atoms in total. The van der Waals surface area contributed by atoms with Crippen LogP contribution in [0.1, 0.15) is 5.69 Å². The lowest BCUT2D eigenvalue weighted by Gasteiger charge is -1.99. The van der Waals surface area contributed by atoms with E-state index in [1.165, 1.54) is 11.3 Å². The van der Waals surface area contributed by atoms with Crippen LogP contribution in [0.3, 0.4) is 0 Å². The number of carbonyl (C=O) groups is 1. The number of aromatic nitrogens is 3. The zero-order valence-electron chi connectivity index (χ0n) is 9.28. The molecular weight excluding hydrogens is 250 g/mol. The molecule has 0 fully saturated rings. The summed E-state index contributed by atoms with van der Waals surface area (Å²) >= 11 is 1.54. The van der Waals surface area contributed by atoms with Crippen LogP contribution in [-0.2, 0) is 11.2 Å². The Bertz CT molecular complexity index is 703. The van der Waals surface area contributed by atoms with E-state index in [9.17, 15) is 4.79 Å². The van der Waals surface area contributed by atoms with Gasteiger partial charge in [-0.2, -0.15) is 0 Å². The largest absolute Gasteiger partial charge is 0.481 e. The number of imidazole rings is 1. The highest BCUT2D eigenvalue weighted by atomic mass is 32.1. The van der Waals surface area contributed by atoms with Crippen molar-refractivity contribution in [3.05, 3.63) is 41.7 Å². The van der Waals surface area contributed by atoms with Gasteiger partial charge in [-0.1, -0.05) is 6.07 Å². The maximum atomic E-state index is 11.0. The van der Waals surface area contributed by atoms with Crippen LogP contribution in [-0.4, -0.2) is 25.4 Å². The summed E-state index contributed by atoms with van der Waals surface area (Å²) < 4.78 is 1.73. The number of carboxylic acid groups (broad SMARTS) is 1. The highest BCUT2D eigenvalue weighted by Crippen LogP contribution is 2.28. The fourth-order valence-electron chi connectivity index (χ4n) is 1.86. The van der Waals surface area contributed by atoms with Gasteiger partial charge >= 0.3 is 5.97 Å². The molecule has 0 aliphatic carbocycles. The van der Waals surface area contributed by atoms with Crippen molar-refractivity contribution in [2.75, 3.05) is 0 Å². The van der Waals surface area contributed by atoms with Crippen molar-refractivity contribution in [2.45, 2.75) is 6.42 Å². The number of nitrogens with zero attached hydrogens (tertiary/aromatic N) is 3. The van der Waals surface area contributed by atoms with Gasteiger partial charge in [0.15, 0.2) is 0 Å². The second-order valence-corrected chi connectivity index (χ2v) is 4.69. The van der Waals surface area contributed by atoms with E-state index in [0.717, 1.165) is 4.88 Å². The molecule has 3 rings (SSSR count). The van der Waals surface area contributed by atoms with Crippen molar-refractivity contribution in [1.82, 2.24) is 14.4 Å². The molecular formula is C12H9N3O2S. The molecule has 18 heavy (non-hydrogen) atoms. The van der Waals surface area contributed by atoms with E-state index in [1.807, 2.05) is 17.5 Å². The van der Waals surface area contributed by atoms with Crippen LogP contribution in [0, 0.1) is 0 Å². The summed E-state index contributed by atoms with van der Waals surface area (Å²) in [4.78, 5) is 20.5. The van der Waals surface area contributed by atoms with Crippen LogP contribution in [0.25, 0.3) is 16.3 Å². The van der Waals surface area contributed by atoms with Gasteiger partial charge in [0.05, 0.1) is 17.0 Å². The van der Waals surface area contributed by atoms with E-state index >= 15 is 0 Å². The summed E-state index contributed by atoms with van der Waals surface area (Å²) in [5.41, 5.74) is 1.36. The van der Waals surface area contributed by atoms with Crippen molar-refractivity contribution in [2.24, 2.45) is 0 Å². The lowest BCUT2D eigenvalue weighted by Crippen LogP contribution is -2.04. The van der Waals surface area contributed by atoms with Gasteiger partial charge in [0.2, 0.25) is 5.78 Å². The maximum Gasteiger partial charge on any atom is 0.309 e. The molecule has 0 saturated heterocycles. The van der Waals surface area contributed by atoms with Gasteiger partial charge in [-0.3, -0.25) is 9.20 Å². The fourth-order valence-corrected chi connectivity index (χ4v) is 2.59. The molecule has 3 heterocycles.